The summed E-state index contributed by atoms with van der Waals surface area (Å²) in [5, 5.41) is 0. The van der Waals surface area contributed by atoms with Gasteiger partial charge in [0.1, 0.15) is 0 Å². The number of aromatic nitrogens is 2. The number of nitrogens with one attached hydrogen (secondary N) is 1. The normalized spacial score (nSPS) is 16.6. The van der Waals surface area contributed by atoms with Gasteiger partial charge in [-0.1, -0.05) is 48.5 Å². The van der Waals surface area contributed by atoms with Crippen LogP contribution in [-0.4, -0.2) is 35.3 Å². The number of H-pyrrole nitrogens is 1. The molecule has 0 unspecified atom stereocenters. The molecule has 0 aliphatic carbocycles. The van der Waals surface area contributed by atoms with Crippen molar-refractivity contribution < 1.29 is 21.6 Å². The Morgan fingerprint density at radius 2 is 1.67 bits per heavy atom. The summed E-state index contributed by atoms with van der Waals surface area (Å²) >= 11 is 0. The maximum absolute atomic E-state index is 13.8. The minimum Gasteiger partial charge on any atom is -0.361 e. The minimum atomic E-state index is -4.54. The number of fused-ring (bicyclic) bond motifs is 1. The van der Waals surface area contributed by atoms with E-state index < -0.39 is 21.8 Å². The second-order valence-electron chi connectivity index (χ2n) is 9.73. The van der Waals surface area contributed by atoms with Gasteiger partial charge in [0.2, 0.25) is 10.0 Å². The lowest BCUT2D eigenvalue weighted by Crippen LogP contribution is -2.43. The number of halogens is 3. The number of sulfonamides is 1. The van der Waals surface area contributed by atoms with Crippen molar-refractivity contribution >= 4 is 15.7 Å². The van der Waals surface area contributed by atoms with Crippen LogP contribution in [0.4, 0.5) is 18.9 Å². The van der Waals surface area contributed by atoms with Gasteiger partial charge in [-0.25, -0.2) is 13.4 Å². The van der Waals surface area contributed by atoms with Crippen molar-refractivity contribution in [2.24, 2.45) is 0 Å². The first kappa shape index (κ1) is 27.0. The van der Waals surface area contributed by atoms with Crippen molar-refractivity contribution in [1.82, 2.24) is 14.3 Å². The first-order valence-electron chi connectivity index (χ1n) is 12.7. The third kappa shape index (κ3) is 5.86. The summed E-state index contributed by atoms with van der Waals surface area (Å²) in [5.41, 5.74) is 3.81. The molecule has 0 fully saturated rings. The van der Waals surface area contributed by atoms with Crippen molar-refractivity contribution in [3.63, 3.8) is 0 Å². The fourth-order valence-electron chi connectivity index (χ4n) is 5.00. The molecule has 1 aliphatic rings. The van der Waals surface area contributed by atoms with Crippen LogP contribution in [0.3, 0.4) is 0 Å². The number of aromatic amines is 1. The molecule has 0 saturated heterocycles. The van der Waals surface area contributed by atoms with Crippen molar-refractivity contribution in [2.45, 2.75) is 50.0 Å². The largest absolute Gasteiger partial charge is 0.416 e. The van der Waals surface area contributed by atoms with Crippen LogP contribution in [0.1, 0.15) is 34.5 Å². The number of rotatable bonds is 7. The molecule has 0 bridgehead atoms. The van der Waals surface area contributed by atoms with Gasteiger partial charge < -0.3 is 9.88 Å². The Labute approximate surface area is 226 Å². The monoisotopic (exact) mass is 554 g/mol. The van der Waals surface area contributed by atoms with Crippen LogP contribution < -0.4 is 4.90 Å². The third-order valence-electron chi connectivity index (χ3n) is 7.19. The number of para-hydroxylation sites is 1. The summed E-state index contributed by atoms with van der Waals surface area (Å²) in [6.45, 7) is 2.72. The molecule has 1 atom stereocenters. The number of nitrogens with zero attached hydrogens (tertiary/aromatic N) is 3. The Bertz CT molecular complexity index is 1520. The van der Waals surface area contributed by atoms with Crippen molar-refractivity contribution in [3.8, 4) is 0 Å². The van der Waals surface area contributed by atoms with Crippen LogP contribution in [0.2, 0.25) is 0 Å². The van der Waals surface area contributed by atoms with E-state index in [0.29, 0.717) is 13.0 Å². The number of hydrogen-bond acceptors (Lipinski definition) is 4. The predicted molar refractivity (Wildman–Crippen MR) is 144 cm³/mol. The molecule has 39 heavy (non-hydrogen) atoms. The second-order valence-corrected chi connectivity index (χ2v) is 11.7. The van der Waals surface area contributed by atoms with Crippen LogP contribution in [0.15, 0.2) is 90.1 Å². The number of imidazole rings is 1. The summed E-state index contributed by atoms with van der Waals surface area (Å²) in [6, 6.07) is 21.2. The van der Waals surface area contributed by atoms with Crippen LogP contribution in [0.5, 0.6) is 0 Å². The standard InChI is InChI=1S/C29H29F3N4O2S/c1-21-27(34-20-33-21)19-36-25(14-11-22-7-3-2-4-8-22)18-35(17-23-9-5-6-10-28(23)36)39(37,38)26-15-12-24(13-16-26)29(30,31)32/h2-10,12-13,15-16,20,25H,11,14,17-19H2,1H3,(H,33,34)/t25-/m1/s1. The highest BCUT2D eigenvalue weighted by molar-refractivity contribution is 7.89. The van der Waals surface area contributed by atoms with Crippen LogP contribution in [0, 0.1) is 6.92 Å². The third-order valence-corrected chi connectivity index (χ3v) is 9.01. The lowest BCUT2D eigenvalue weighted by Gasteiger charge is -2.34. The highest BCUT2D eigenvalue weighted by atomic mass is 32.2. The van der Waals surface area contributed by atoms with E-state index >= 15 is 0 Å². The van der Waals surface area contributed by atoms with Crippen molar-refractivity contribution in [3.05, 3.63) is 113 Å². The number of anilines is 1. The number of aryl methyl sites for hydroxylation is 2. The number of hydrogen-bond donors (Lipinski definition) is 1. The van der Waals surface area contributed by atoms with E-state index in [0.717, 1.165) is 58.9 Å². The molecule has 1 aliphatic heterocycles. The van der Waals surface area contributed by atoms with Gasteiger partial charge in [-0.05, 0) is 61.2 Å². The molecular formula is C29H29F3N4O2S. The van der Waals surface area contributed by atoms with Crippen LogP contribution >= 0.6 is 0 Å². The maximum Gasteiger partial charge on any atom is 0.416 e. The molecule has 1 aromatic heterocycles. The van der Waals surface area contributed by atoms with Crippen molar-refractivity contribution in [1.29, 1.82) is 0 Å². The smallest absolute Gasteiger partial charge is 0.361 e. The van der Waals surface area contributed by atoms with Gasteiger partial charge in [-0.3, -0.25) is 0 Å². The van der Waals surface area contributed by atoms with Gasteiger partial charge in [-0.15, -0.1) is 0 Å². The Balaban J connectivity index is 1.53. The van der Waals surface area contributed by atoms with Gasteiger partial charge in [0.15, 0.2) is 0 Å². The summed E-state index contributed by atoms with van der Waals surface area (Å²) in [4.78, 5) is 9.66. The summed E-state index contributed by atoms with van der Waals surface area (Å²) in [5.74, 6) is 0. The molecule has 10 heteroatoms. The quantitative estimate of drug-likeness (QED) is 0.307. The lowest BCUT2D eigenvalue weighted by atomic mass is 10.0. The zero-order valence-corrected chi connectivity index (χ0v) is 22.2. The predicted octanol–water partition coefficient (Wildman–Crippen LogP) is 5.95. The molecule has 6 nitrogen and oxygen atoms in total. The molecule has 204 valence electrons. The van der Waals surface area contributed by atoms with E-state index in [1.54, 1.807) is 6.33 Å². The molecule has 2 heterocycles. The molecule has 0 saturated carbocycles. The van der Waals surface area contributed by atoms with Gasteiger partial charge in [0.25, 0.3) is 0 Å². The fraction of sp³-hybridized carbons (Fsp3) is 0.276. The van der Waals surface area contributed by atoms with E-state index in [1.165, 1.54) is 4.31 Å². The molecule has 1 N–H and O–H groups in total. The second kappa shape index (κ2) is 10.9. The number of alkyl halides is 3. The van der Waals surface area contributed by atoms with Gasteiger partial charge in [0, 0.05) is 30.5 Å². The van der Waals surface area contributed by atoms with E-state index in [-0.39, 0.29) is 24.0 Å². The highest BCUT2D eigenvalue weighted by Gasteiger charge is 2.36. The molecule has 5 rings (SSSR count). The maximum atomic E-state index is 13.8. The molecule has 0 amide bonds. The zero-order valence-electron chi connectivity index (χ0n) is 21.4. The van der Waals surface area contributed by atoms with E-state index in [4.69, 9.17) is 0 Å². The molecule has 0 radical (unpaired) electrons. The average molecular weight is 555 g/mol. The topological polar surface area (TPSA) is 69.3 Å². The Hall–Kier alpha value is -3.63. The zero-order chi connectivity index (χ0) is 27.6. The van der Waals surface area contributed by atoms with Crippen LogP contribution in [-0.2, 0) is 35.7 Å². The Morgan fingerprint density at radius 3 is 2.33 bits per heavy atom. The molecule has 0 spiro atoms. The highest BCUT2D eigenvalue weighted by Crippen LogP contribution is 2.35. The number of benzene rings is 3. The summed E-state index contributed by atoms with van der Waals surface area (Å²) < 4.78 is 68.4. The minimum absolute atomic E-state index is 0.109. The van der Waals surface area contributed by atoms with Crippen LogP contribution in [0.25, 0.3) is 0 Å². The van der Waals surface area contributed by atoms with Gasteiger partial charge in [0.05, 0.1) is 29.0 Å². The molecule has 3 aromatic carbocycles. The van der Waals surface area contributed by atoms with Gasteiger partial charge >= 0.3 is 6.18 Å². The first-order chi connectivity index (χ1) is 18.6. The average Bonchev–Trinajstić information content (AvgIpc) is 3.25. The SMILES string of the molecule is Cc1[nH]cnc1CN1c2ccccc2CN(S(=O)(=O)c2ccc(C(F)(F)F)cc2)C[C@H]1CCc1ccccc1. The Morgan fingerprint density at radius 1 is 0.974 bits per heavy atom. The van der Waals surface area contributed by atoms with Crippen molar-refractivity contribution in [2.75, 3.05) is 11.4 Å². The lowest BCUT2D eigenvalue weighted by molar-refractivity contribution is -0.137. The summed E-state index contributed by atoms with van der Waals surface area (Å²) in [7, 11) is -4.08. The Kier molecular flexibility index (Phi) is 7.51. The van der Waals surface area contributed by atoms with E-state index in [9.17, 15) is 21.6 Å². The van der Waals surface area contributed by atoms with Gasteiger partial charge in [-0.2, -0.15) is 17.5 Å². The van der Waals surface area contributed by atoms with E-state index in [2.05, 4.69) is 14.9 Å². The van der Waals surface area contributed by atoms with E-state index in [1.807, 2.05) is 61.5 Å². The molecular weight excluding hydrogens is 525 g/mol. The molecule has 4 aromatic rings. The summed E-state index contributed by atoms with van der Waals surface area (Å²) in [6.07, 6.45) is -1.50. The first-order valence-corrected chi connectivity index (χ1v) is 14.1. The fourth-order valence-corrected chi connectivity index (χ4v) is 6.46.